The average molecular weight is 245 g/mol. The minimum Gasteiger partial charge on any atom is -0.367 e. The average Bonchev–Trinajstić information content (AvgIpc) is 2.65. The molecule has 1 aromatic heterocycles. The van der Waals surface area contributed by atoms with Crippen molar-refractivity contribution < 1.29 is 13.3 Å². The van der Waals surface area contributed by atoms with E-state index in [1.807, 2.05) is 0 Å². The molecule has 0 saturated heterocycles. The molecule has 0 unspecified atom stereocenters. The van der Waals surface area contributed by atoms with Crippen LogP contribution in [0.5, 0.6) is 0 Å². The zero-order valence-electron chi connectivity index (χ0n) is 7.95. The van der Waals surface area contributed by atoms with E-state index in [2.05, 4.69) is 9.68 Å². The zero-order chi connectivity index (χ0) is 11.7. The number of alkyl halides is 2. The second-order valence-electron chi connectivity index (χ2n) is 3.14. The number of hydrogen-bond donors (Lipinski definition) is 1. The Balaban J connectivity index is 2.56. The van der Waals surface area contributed by atoms with Gasteiger partial charge in [0.15, 0.2) is 0 Å². The van der Waals surface area contributed by atoms with E-state index in [9.17, 15) is 8.78 Å². The molecule has 0 aliphatic rings. The number of rotatable bonds is 2. The first kappa shape index (κ1) is 10.9. The van der Waals surface area contributed by atoms with Crippen molar-refractivity contribution in [3.05, 3.63) is 35.0 Å². The normalized spacial score (nSPS) is 11.0. The first-order chi connectivity index (χ1) is 7.59. The molecule has 0 aliphatic carbocycles. The van der Waals surface area contributed by atoms with Crippen molar-refractivity contribution in [2.45, 2.75) is 6.43 Å². The first-order valence-electron chi connectivity index (χ1n) is 4.37. The van der Waals surface area contributed by atoms with E-state index in [-0.39, 0.29) is 11.4 Å². The van der Waals surface area contributed by atoms with E-state index in [0.717, 1.165) is 0 Å². The summed E-state index contributed by atoms with van der Waals surface area (Å²) in [5.41, 5.74) is 6.16. The molecule has 0 atom stereocenters. The topological polar surface area (TPSA) is 52.0 Å². The highest BCUT2D eigenvalue weighted by atomic mass is 35.5. The Bertz CT molecular complexity index is 513. The molecule has 2 aromatic rings. The fourth-order valence-corrected chi connectivity index (χ4v) is 1.56. The highest BCUT2D eigenvalue weighted by Gasteiger charge is 2.14. The summed E-state index contributed by atoms with van der Waals surface area (Å²) in [5, 5.41) is 3.79. The van der Waals surface area contributed by atoms with Gasteiger partial charge in [0.05, 0.1) is 11.8 Å². The van der Waals surface area contributed by atoms with Gasteiger partial charge in [-0.05, 0) is 12.1 Å². The van der Waals surface area contributed by atoms with Crippen molar-refractivity contribution in [2.75, 3.05) is 5.73 Å². The van der Waals surface area contributed by atoms with Gasteiger partial charge in [-0.25, -0.2) is 8.78 Å². The third-order valence-corrected chi connectivity index (χ3v) is 2.46. The predicted octanol–water partition coefficient (Wildman–Crippen LogP) is 3.51. The van der Waals surface area contributed by atoms with Crippen LogP contribution in [-0.2, 0) is 0 Å². The van der Waals surface area contributed by atoms with Gasteiger partial charge in [0.1, 0.15) is 0 Å². The summed E-state index contributed by atoms with van der Waals surface area (Å²) in [7, 11) is 0. The number of hydrogen-bond acceptors (Lipinski definition) is 3. The van der Waals surface area contributed by atoms with Gasteiger partial charge in [-0.1, -0.05) is 22.8 Å². The summed E-state index contributed by atoms with van der Waals surface area (Å²) in [6.45, 7) is 0. The largest absolute Gasteiger partial charge is 0.367 e. The molecule has 16 heavy (non-hydrogen) atoms. The first-order valence-corrected chi connectivity index (χ1v) is 4.75. The molecule has 84 valence electrons. The van der Waals surface area contributed by atoms with Crippen LogP contribution in [0, 0.1) is 0 Å². The molecular formula is C10H7ClF2N2O. The lowest BCUT2D eigenvalue weighted by atomic mass is 10.1. The molecule has 0 aliphatic heterocycles. The van der Waals surface area contributed by atoms with E-state index in [4.69, 9.17) is 17.3 Å². The number of benzene rings is 1. The van der Waals surface area contributed by atoms with Crippen molar-refractivity contribution in [3.63, 3.8) is 0 Å². The van der Waals surface area contributed by atoms with E-state index in [1.54, 1.807) is 0 Å². The van der Waals surface area contributed by atoms with E-state index >= 15 is 0 Å². The number of aromatic nitrogens is 1. The lowest BCUT2D eigenvalue weighted by Gasteiger charge is -2.05. The molecule has 3 nitrogen and oxygen atoms in total. The van der Waals surface area contributed by atoms with Gasteiger partial charge in [-0.2, -0.15) is 0 Å². The monoisotopic (exact) mass is 244 g/mol. The molecule has 0 amide bonds. The Morgan fingerprint density at radius 2 is 2.06 bits per heavy atom. The highest BCUT2D eigenvalue weighted by Crippen LogP contribution is 2.34. The molecular weight excluding hydrogens is 238 g/mol. The third kappa shape index (κ3) is 1.86. The van der Waals surface area contributed by atoms with Crippen LogP contribution in [0.3, 0.4) is 0 Å². The Morgan fingerprint density at radius 1 is 1.31 bits per heavy atom. The summed E-state index contributed by atoms with van der Waals surface area (Å²) in [6.07, 6.45) is -1.22. The zero-order valence-corrected chi connectivity index (χ0v) is 8.71. The van der Waals surface area contributed by atoms with Gasteiger partial charge < -0.3 is 10.3 Å². The molecule has 6 heteroatoms. The minimum absolute atomic E-state index is 0.0494. The van der Waals surface area contributed by atoms with E-state index < -0.39 is 6.43 Å². The van der Waals surface area contributed by atoms with Crippen LogP contribution in [0.2, 0.25) is 5.02 Å². The molecule has 1 heterocycles. The minimum atomic E-state index is -2.56. The summed E-state index contributed by atoms with van der Waals surface area (Å²) in [6, 6.07) is 3.93. The van der Waals surface area contributed by atoms with Crippen molar-refractivity contribution in [1.82, 2.24) is 5.16 Å². The van der Waals surface area contributed by atoms with Crippen LogP contribution in [-0.4, -0.2) is 5.16 Å². The van der Waals surface area contributed by atoms with Crippen molar-refractivity contribution >= 4 is 17.5 Å². The summed E-state index contributed by atoms with van der Waals surface area (Å²) >= 11 is 5.89. The molecule has 0 radical (unpaired) electrons. The fourth-order valence-electron chi connectivity index (χ4n) is 1.34. The van der Waals surface area contributed by atoms with Crippen LogP contribution in [0.1, 0.15) is 12.0 Å². The van der Waals surface area contributed by atoms with Gasteiger partial charge in [-0.15, -0.1) is 0 Å². The quantitative estimate of drug-likeness (QED) is 0.879. The van der Waals surface area contributed by atoms with Gasteiger partial charge in [0.2, 0.25) is 5.88 Å². The number of nitrogens with two attached hydrogens (primary N) is 1. The maximum Gasteiger partial charge on any atom is 0.263 e. The Labute approximate surface area is 94.8 Å². The third-order valence-electron chi connectivity index (χ3n) is 2.13. The second-order valence-corrected chi connectivity index (χ2v) is 3.55. The molecule has 2 N–H and O–H groups in total. The van der Waals surface area contributed by atoms with E-state index in [1.165, 1.54) is 24.4 Å². The van der Waals surface area contributed by atoms with Gasteiger partial charge in [0.25, 0.3) is 6.43 Å². The maximum absolute atomic E-state index is 12.5. The fraction of sp³-hybridized carbons (Fsp3) is 0.100. The Hall–Kier alpha value is -1.62. The summed E-state index contributed by atoms with van der Waals surface area (Å²) < 4.78 is 29.7. The molecule has 0 fully saturated rings. The number of anilines is 1. The molecule has 0 bridgehead atoms. The molecule has 0 saturated carbocycles. The van der Waals surface area contributed by atoms with Crippen molar-refractivity contribution in [3.8, 4) is 11.1 Å². The summed E-state index contributed by atoms with van der Waals surface area (Å²) in [4.78, 5) is 0. The van der Waals surface area contributed by atoms with Gasteiger partial charge in [0, 0.05) is 16.1 Å². The standard InChI is InChI=1S/C10H7ClF2N2O/c11-8-2-1-5(9(12)13)3-6(8)7-4-15-16-10(7)14/h1-4,9H,14H2. The van der Waals surface area contributed by atoms with Crippen molar-refractivity contribution in [2.24, 2.45) is 0 Å². The lowest BCUT2D eigenvalue weighted by molar-refractivity contribution is 0.151. The lowest BCUT2D eigenvalue weighted by Crippen LogP contribution is -1.89. The maximum atomic E-state index is 12.5. The Morgan fingerprint density at radius 3 is 2.62 bits per heavy atom. The van der Waals surface area contributed by atoms with Gasteiger partial charge in [-0.3, -0.25) is 0 Å². The predicted molar refractivity (Wildman–Crippen MR) is 56.3 cm³/mol. The van der Waals surface area contributed by atoms with Crippen LogP contribution in [0.4, 0.5) is 14.7 Å². The van der Waals surface area contributed by atoms with Gasteiger partial charge >= 0.3 is 0 Å². The number of nitrogens with zero attached hydrogens (tertiary/aromatic N) is 1. The SMILES string of the molecule is Nc1oncc1-c1cc(C(F)F)ccc1Cl. The number of nitrogen functional groups attached to an aromatic ring is 1. The number of halogens is 3. The smallest absolute Gasteiger partial charge is 0.263 e. The van der Waals surface area contributed by atoms with Crippen LogP contribution in [0.25, 0.3) is 11.1 Å². The van der Waals surface area contributed by atoms with E-state index in [0.29, 0.717) is 16.1 Å². The molecule has 2 rings (SSSR count). The summed E-state index contributed by atoms with van der Waals surface area (Å²) in [5.74, 6) is 0.0494. The molecule has 0 spiro atoms. The van der Waals surface area contributed by atoms with Crippen LogP contribution < -0.4 is 5.73 Å². The highest BCUT2D eigenvalue weighted by molar-refractivity contribution is 6.33. The second kappa shape index (κ2) is 4.09. The Kier molecular flexibility index (Phi) is 2.78. The van der Waals surface area contributed by atoms with Crippen molar-refractivity contribution in [1.29, 1.82) is 0 Å². The molecule has 1 aromatic carbocycles. The van der Waals surface area contributed by atoms with Crippen LogP contribution >= 0.6 is 11.6 Å². The van der Waals surface area contributed by atoms with Crippen LogP contribution in [0.15, 0.2) is 28.9 Å².